The fourth-order valence-corrected chi connectivity index (χ4v) is 2.47. The van der Waals surface area contributed by atoms with Crippen molar-refractivity contribution in [1.82, 2.24) is 0 Å². The summed E-state index contributed by atoms with van der Waals surface area (Å²) >= 11 is 6.15. The van der Waals surface area contributed by atoms with Crippen molar-refractivity contribution in [3.63, 3.8) is 0 Å². The minimum absolute atomic E-state index is 0.299. The van der Waals surface area contributed by atoms with Crippen molar-refractivity contribution in [3.8, 4) is 17.2 Å². The number of amides is 1. The fraction of sp³-hybridized carbons (Fsp3) is 0.235. The largest absolute Gasteiger partial charge is 0.493 e. The van der Waals surface area contributed by atoms with E-state index in [4.69, 9.17) is 25.8 Å². The van der Waals surface area contributed by atoms with E-state index >= 15 is 0 Å². The van der Waals surface area contributed by atoms with Crippen LogP contribution in [0.4, 0.5) is 5.69 Å². The van der Waals surface area contributed by atoms with Gasteiger partial charge >= 0.3 is 0 Å². The highest BCUT2D eigenvalue weighted by molar-refractivity contribution is 6.34. The van der Waals surface area contributed by atoms with Crippen LogP contribution in [0.15, 0.2) is 30.3 Å². The molecule has 5 nitrogen and oxygen atoms in total. The number of rotatable bonds is 5. The minimum Gasteiger partial charge on any atom is -0.493 e. The summed E-state index contributed by atoms with van der Waals surface area (Å²) < 4.78 is 15.8. The standard InChI is InChI=1S/C17H18ClNO4/c1-10-5-7-13(12(18)9-10)19-17(20)11-6-8-14(21-2)16(23-4)15(11)22-3/h5-9H,1-4H3,(H,19,20). The van der Waals surface area contributed by atoms with Gasteiger partial charge in [0.2, 0.25) is 5.75 Å². The number of hydrogen-bond donors (Lipinski definition) is 1. The number of hydrogen-bond acceptors (Lipinski definition) is 4. The van der Waals surface area contributed by atoms with Crippen molar-refractivity contribution >= 4 is 23.2 Å². The SMILES string of the molecule is COc1ccc(C(=O)Nc2ccc(C)cc2Cl)c(OC)c1OC. The Kier molecular flexibility index (Phi) is 5.34. The second kappa shape index (κ2) is 7.24. The molecule has 0 bridgehead atoms. The van der Waals surface area contributed by atoms with Gasteiger partial charge in [-0.1, -0.05) is 17.7 Å². The van der Waals surface area contributed by atoms with Crippen molar-refractivity contribution in [2.75, 3.05) is 26.6 Å². The van der Waals surface area contributed by atoms with Gasteiger partial charge in [-0.2, -0.15) is 0 Å². The molecule has 0 heterocycles. The number of nitrogens with one attached hydrogen (secondary N) is 1. The molecule has 2 aromatic carbocycles. The lowest BCUT2D eigenvalue weighted by atomic mass is 10.1. The predicted octanol–water partition coefficient (Wildman–Crippen LogP) is 3.93. The van der Waals surface area contributed by atoms with Crippen molar-refractivity contribution < 1.29 is 19.0 Å². The number of carbonyl (C=O) groups is 1. The first-order chi connectivity index (χ1) is 11.0. The minimum atomic E-state index is -0.353. The van der Waals surface area contributed by atoms with Crippen LogP contribution in [-0.2, 0) is 0 Å². The van der Waals surface area contributed by atoms with Crippen LogP contribution in [0.2, 0.25) is 5.02 Å². The summed E-state index contributed by atoms with van der Waals surface area (Å²) in [5, 5.41) is 3.24. The van der Waals surface area contributed by atoms with E-state index in [0.717, 1.165) is 5.56 Å². The second-order valence-corrected chi connectivity index (χ2v) is 5.23. The zero-order valence-electron chi connectivity index (χ0n) is 13.4. The molecule has 0 saturated heterocycles. The maximum absolute atomic E-state index is 12.6. The quantitative estimate of drug-likeness (QED) is 0.899. The Hall–Kier alpha value is -2.40. The number of halogens is 1. The van der Waals surface area contributed by atoms with Crippen LogP contribution < -0.4 is 19.5 Å². The number of aryl methyl sites for hydroxylation is 1. The van der Waals surface area contributed by atoms with Crippen LogP contribution >= 0.6 is 11.6 Å². The van der Waals surface area contributed by atoms with Gasteiger partial charge in [-0.15, -0.1) is 0 Å². The molecule has 0 aromatic heterocycles. The van der Waals surface area contributed by atoms with Gasteiger partial charge in [-0.05, 0) is 36.8 Å². The zero-order chi connectivity index (χ0) is 17.0. The van der Waals surface area contributed by atoms with Crippen molar-refractivity contribution in [3.05, 3.63) is 46.5 Å². The van der Waals surface area contributed by atoms with Crippen LogP contribution in [-0.4, -0.2) is 27.2 Å². The topological polar surface area (TPSA) is 56.8 Å². The first-order valence-electron chi connectivity index (χ1n) is 6.88. The van der Waals surface area contributed by atoms with Gasteiger partial charge in [-0.3, -0.25) is 4.79 Å². The van der Waals surface area contributed by atoms with Gasteiger partial charge in [0.05, 0.1) is 37.6 Å². The summed E-state index contributed by atoms with van der Waals surface area (Å²) in [7, 11) is 4.47. The highest BCUT2D eigenvalue weighted by Crippen LogP contribution is 2.40. The molecule has 1 N–H and O–H groups in total. The molecular weight excluding hydrogens is 318 g/mol. The van der Waals surface area contributed by atoms with Crippen LogP contribution in [0.1, 0.15) is 15.9 Å². The Morgan fingerprint density at radius 3 is 2.26 bits per heavy atom. The van der Waals surface area contributed by atoms with Gasteiger partial charge in [0.1, 0.15) is 0 Å². The average molecular weight is 336 g/mol. The number of benzene rings is 2. The molecule has 0 aliphatic heterocycles. The van der Waals surface area contributed by atoms with Gasteiger partial charge in [0.25, 0.3) is 5.91 Å². The van der Waals surface area contributed by atoms with E-state index in [-0.39, 0.29) is 5.91 Å². The lowest BCUT2D eigenvalue weighted by Gasteiger charge is -2.16. The summed E-state index contributed by atoms with van der Waals surface area (Å²) in [6.45, 7) is 1.93. The molecule has 1 amide bonds. The molecule has 2 rings (SSSR count). The van der Waals surface area contributed by atoms with E-state index in [1.54, 1.807) is 24.3 Å². The maximum atomic E-state index is 12.6. The van der Waals surface area contributed by atoms with Crippen molar-refractivity contribution in [2.24, 2.45) is 0 Å². The summed E-state index contributed by atoms with van der Waals surface area (Å²) in [5.74, 6) is 0.785. The number of ether oxygens (including phenoxy) is 3. The van der Waals surface area contributed by atoms with Crippen LogP contribution in [0, 0.1) is 6.92 Å². The Morgan fingerprint density at radius 1 is 1.00 bits per heavy atom. The molecule has 0 saturated carbocycles. The molecular formula is C17H18ClNO4. The van der Waals surface area contributed by atoms with E-state index in [1.165, 1.54) is 21.3 Å². The van der Waals surface area contributed by atoms with E-state index in [2.05, 4.69) is 5.32 Å². The Bertz CT molecular complexity index is 731. The molecule has 0 aliphatic carbocycles. The second-order valence-electron chi connectivity index (χ2n) is 4.82. The first kappa shape index (κ1) is 17.0. The van der Waals surface area contributed by atoms with Crippen LogP contribution in [0.25, 0.3) is 0 Å². The third-order valence-electron chi connectivity index (χ3n) is 3.32. The van der Waals surface area contributed by atoms with E-state index in [1.807, 2.05) is 13.0 Å². The molecule has 2 aromatic rings. The number of carbonyl (C=O) groups excluding carboxylic acids is 1. The number of anilines is 1. The summed E-state index contributed by atoms with van der Waals surface area (Å²) in [5.41, 5.74) is 1.86. The molecule has 0 aliphatic rings. The molecule has 0 radical (unpaired) electrons. The van der Waals surface area contributed by atoms with Gasteiger partial charge in [0.15, 0.2) is 11.5 Å². The summed E-state index contributed by atoms with van der Waals surface area (Å²) in [6, 6.07) is 8.66. The zero-order valence-corrected chi connectivity index (χ0v) is 14.2. The highest BCUT2D eigenvalue weighted by Gasteiger charge is 2.21. The molecule has 0 spiro atoms. The van der Waals surface area contributed by atoms with Crippen molar-refractivity contribution in [1.29, 1.82) is 0 Å². The van der Waals surface area contributed by atoms with E-state index in [0.29, 0.717) is 33.5 Å². The van der Waals surface area contributed by atoms with Gasteiger partial charge in [0, 0.05) is 0 Å². The van der Waals surface area contributed by atoms with Crippen molar-refractivity contribution in [2.45, 2.75) is 6.92 Å². The van der Waals surface area contributed by atoms with Gasteiger partial charge in [-0.25, -0.2) is 0 Å². The smallest absolute Gasteiger partial charge is 0.259 e. The summed E-state index contributed by atoms with van der Waals surface area (Å²) in [6.07, 6.45) is 0. The average Bonchev–Trinajstić information content (AvgIpc) is 2.55. The lowest BCUT2D eigenvalue weighted by Crippen LogP contribution is -2.14. The molecule has 0 atom stereocenters. The Labute approximate surface area is 140 Å². The molecule has 6 heteroatoms. The lowest BCUT2D eigenvalue weighted by molar-refractivity contribution is 0.102. The van der Waals surface area contributed by atoms with E-state index in [9.17, 15) is 4.79 Å². The Balaban J connectivity index is 2.39. The number of methoxy groups -OCH3 is 3. The molecule has 0 fully saturated rings. The fourth-order valence-electron chi connectivity index (χ4n) is 2.19. The predicted molar refractivity (Wildman–Crippen MR) is 90.2 cm³/mol. The van der Waals surface area contributed by atoms with Crippen LogP contribution in [0.3, 0.4) is 0 Å². The van der Waals surface area contributed by atoms with Crippen LogP contribution in [0.5, 0.6) is 17.2 Å². The monoisotopic (exact) mass is 335 g/mol. The maximum Gasteiger partial charge on any atom is 0.259 e. The van der Waals surface area contributed by atoms with E-state index < -0.39 is 0 Å². The summed E-state index contributed by atoms with van der Waals surface area (Å²) in [4.78, 5) is 12.6. The molecule has 122 valence electrons. The molecule has 23 heavy (non-hydrogen) atoms. The normalized spacial score (nSPS) is 10.1. The Morgan fingerprint density at radius 2 is 1.70 bits per heavy atom. The van der Waals surface area contributed by atoms with Gasteiger partial charge < -0.3 is 19.5 Å². The molecule has 0 unspecified atom stereocenters. The third kappa shape index (κ3) is 3.51. The highest BCUT2D eigenvalue weighted by atomic mass is 35.5. The first-order valence-corrected chi connectivity index (χ1v) is 7.26. The third-order valence-corrected chi connectivity index (χ3v) is 3.63.